The van der Waals surface area contributed by atoms with Gasteiger partial charge in [0.15, 0.2) is 0 Å². The van der Waals surface area contributed by atoms with Crippen molar-refractivity contribution in [1.82, 2.24) is 0 Å². The van der Waals surface area contributed by atoms with Crippen LogP contribution in [-0.2, 0) is 0 Å². The second-order valence-corrected chi connectivity index (χ2v) is 9.15. The fourth-order valence-corrected chi connectivity index (χ4v) is 8.06. The van der Waals surface area contributed by atoms with Crippen molar-refractivity contribution in [2.24, 2.45) is 11.8 Å². The first kappa shape index (κ1) is 12.4. The van der Waals surface area contributed by atoms with Gasteiger partial charge in [0, 0.05) is 0 Å². The highest BCUT2D eigenvalue weighted by molar-refractivity contribution is 6.86. The molecule has 0 saturated heterocycles. The predicted molar refractivity (Wildman–Crippen MR) is 87.1 cm³/mol. The Labute approximate surface area is 123 Å². The molecule has 0 amide bonds. The standard InChI is InChI=1S/C19H21Si/c1-3-7-17(8-4-1)20(18-9-5-2-6-10-18)19-14-15-11-12-16(19)13-15/h1-10,15-16,19H,11-14H2. The van der Waals surface area contributed by atoms with Gasteiger partial charge >= 0.3 is 0 Å². The van der Waals surface area contributed by atoms with E-state index in [1.807, 2.05) is 0 Å². The molecule has 0 heterocycles. The van der Waals surface area contributed by atoms with Crippen LogP contribution in [0.1, 0.15) is 25.7 Å². The molecule has 1 heteroatoms. The van der Waals surface area contributed by atoms with Gasteiger partial charge < -0.3 is 0 Å². The molecule has 101 valence electrons. The lowest BCUT2D eigenvalue weighted by molar-refractivity contribution is 0.476. The van der Waals surface area contributed by atoms with Crippen molar-refractivity contribution in [3.05, 3.63) is 60.7 Å². The SMILES string of the molecule is c1ccc([Si](c2ccccc2)C2CC3CCC2C3)cc1. The molecule has 2 saturated carbocycles. The summed E-state index contributed by atoms with van der Waals surface area (Å²) < 4.78 is 0. The molecule has 2 aliphatic rings. The molecule has 2 bridgehead atoms. The number of hydrogen-bond acceptors (Lipinski definition) is 0. The molecule has 0 aromatic heterocycles. The van der Waals surface area contributed by atoms with Crippen molar-refractivity contribution >= 4 is 19.2 Å². The molecular weight excluding hydrogens is 256 g/mol. The quantitative estimate of drug-likeness (QED) is 0.754. The Hall–Kier alpha value is -1.34. The van der Waals surface area contributed by atoms with Gasteiger partial charge in [-0.1, -0.05) is 83.9 Å². The van der Waals surface area contributed by atoms with Gasteiger partial charge in [-0.15, -0.1) is 0 Å². The molecule has 3 atom stereocenters. The van der Waals surface area contributed by atoms with Gasteiger partial charge in [-0.05, 0) is 30.2 Å². The van der Waals surface area contributed by atoms with E-state index in [0.717, 1.165) is 17.4 Å². The predicted octanol–water partition coefficient (Wildman–Crippen LogP) is 3.49. The zero-order valence-electron chi connectivity index (χ0n) is 11.8. The van der Waals surface area contributed by atoms with E-state index in [0.29, 0.717) is 0 Å². The summed E-state index contributed by atoms with van der Waals surface area (Å²) >= 11 is 0. The molecule has 2 aromatic carbocycles. The van der Waals surface area contributed by atoms with Crippen LogP contribution in [0.4, 0.5) is 0 Å². The van der Waals surface area contributed by atoms with Crippen LogP contribution in [0.3, 0.4) is 0 Å². The smallest absolute Gasteiger partial charge is 0.0628 e. The van der Waals surface area contributed by atoms with Crippen molar-refractivity contribution in [1.29, 1.82) is 0 Å². The summed E-state index contributed by atoms with van der Waals surface area (Å²) in [5.41, 5.74) is 0.962. The lowest BCUT2D eigenvalue weighted by Crippen LogP contribution is -2.47. The summed E-state index contributed by atoms with van der Waals surface area (Å²) in [6.07, 6.45) is 5.99. The Morgan fingerprint density at radius 3 is 1.75 bits per heavy atom. The van der Waals surface area contributed by atoms with Crippen molar-refractivity contribution in [2.45, 2.75) is 31.2 Å². The molecule has 20 heavy (non-hydrogen) atoms. The van der Waals surface area contributed by atoms with E-state index in [1.54, 1.807) is 10.4 Å². The van der Waals surface area contributed by atoms with E-state index in [2.05, 4.69) is 60.7 Å². The van der Waals surface area contributed by atoms with E-state index in [1.165, 1.54) is 25.7 Å². The Morgan fingerprint density at radius 2 is 1.30 bits per heavy atom. The number of benzene rings is 2. The fourth-order valence-electron chi connectivity index (χ4n) is 4.43. The van der Waals surface area contributed by atoms with Gasteiger partial charge in [-0.2, -0.15) is 0 Å². The molecule has 0 N–H and O–H groups in total. The van der Waals surface area contributed by atoms with Crippen molar-refractivity contribution < 1.29 is 0 Å². The molecule has 0 aliphatic heterocycles. The van der Waals surface area contributed by atoms with Crippen LogP contribution in [0.2, 0.25) is 5.54 Å². The number of fused-ring (bicyclic) bond motifs is 2. The van der Waals surface area contributed by atoms with Crippen LogP contribution >= 0.6 is 0 Å². The third-order valence-corrected chi connectivity index (χ3v) is 8.64. The first-order valence-corrected chi connectivity index (χ1v) is 9.47. The molecule has 2 fully saturated rings. The van der Waals surface area contributed by atoms with Gasteiger partial charge in [0.25, 0.3) is 0 Å². The lowest BCUT2D eigenvalue weighted by Gasteiger charge is -2.29. The highest BCUT2D eigenvalue weighted by Crippen LogP contribution is 2.52. The van der Waals surface area contributed by atoms with Crippen molar-refractivity contribution in [3.8, 4) is 0 Å². The van der Waals surface area contributed by atoms with Crippen LogP contribution in [0.5, 0.6) is 0 Å². The number of rotatable bonds is 3. The van der Waals surface area contributed by atoms with E-state index < -0.39 is 8.80 Å². The third kappa shape index (κ3) is 2.14. The summed E-state index contributed by atoms with van der Waals surface area (Å²) in [7, 11) is -0.607. The molecule has 1 radical (unpaired) electrons. The maximum Gasteiger partial charge on any atom is 0.124 e. The van der Waals surface area contributed by atoms with Gasteiger partial charge in [-0.25, -0.2) is 0 Å². The molecule has 3 unspecified atom stereocenters. The zero-order chi connectivity index (χ0) is 13.4. The number of hydrogen-bond donors (Lipinski definition) is 0. The van der Waals surface area contributed by atoms with E-state index in [9.17, 15) is 0 Å². The fraction of sp³-hybridized carbons (Fsp3) is 0.368. The van der Waals surface area contributed by atoms with Crippen molar-refractivity contribution in [3.63, 3.8) is 0 Å². The Balaban J connectivity index is 1.74. The highest BCUT2D eigenvalue weighted by Gasteiger charge is 2.44. The average molecular weight is 277 g/mol. The minimum absolute atomic E-state index is 0.607. The highest BCUT2D eigenvalue weighted by atomic mass is 28.3. The summed E-state index contributed by atoms with van der Waals surface area (Å²) in [6, 6.07) is 22.6. The lowest BCUT2D eigenvalue weighted by atomic mass is 10.0. The van der Waals surface area contributed by atoms with E-state index in [4.69, 9.17) is 0 Å². The van der Waals surface area contributed by atoms with Crippen LogP contribution in [0.25, 0.3) is 0 Å². The molecule has 0 nitrogen and oxygen atoms in total. The third-order valence-electron chi connectivity index (χ3n) is 5.28. The van der Waals surface area contributed by atoms with Gasteiger partial charge in [-0.3, -0.25) is 0 Å². The monoisotopic (exact) mass is 277 g/mol. The van der Waals surface area contributed by atoms with Crippen LogP contribution in [0, 0.1) is 11.8 Å². The van der Waals surface area contributed by atoms with Gasteiger partial charge in [0.2, 0.25) is 0 Å². The van der Waals surface area contributed by atoms with Crippen LogP contribution in [0.15, 0.2) is 60.7 Å². The minimum Gasteiger partial charge on any atom is -0.0628 e. The van der Waals surface area contributed by atoms with Crippen LogP contribution in [-0.4, -0.2) is 8.80 Å². The second-order valence-electron chi connectivity index (χ2n) is 6.43. The van der Waals surface area contributed by atoms with Crippen molar-refractivity contribution in [2.75, 3.05) is 0 Å². The average Bonchev–Trinajstić information content (AvgIpc) is 3.13. The summed E-state index contributed by atoms with van der Waals surface area (Å²) in [6.45, 7) is 0. The maximum absolute atomic E-state index is 2.37. The summed E-state index contributed by atoms with van der Waals surface area (Å²) in [5, 5.41) is 3.22. The Bertz CT molecular complexity index is 523. The summed E-state index contributed by atoms with van der Waals surface area (Å²) in [4.78, 5) is 0. The molecule has 2 aromatic rings. The Morgan fingerprint density at radius 1 is 0.700 bits per heavy atom. The second kappa shape index (κ2) is 5.21. The Kier molecular flexibility index (Phi) is 3.23. The van der Waals surface area contributed by atoms with E-state index >= 15 is 0 Å². The topological polar surface area (TPSA) is 0 Å². The maximum atomic E-state index is 2.37. The minimum atomic E-state index is -0.607. The molecule has 2 aliphatic carbocycles. The summed E-state index contributed by atoms with van der Waals surface area (Å²) in [5.74, 6) is 2.05. The molecule has 0 spiro atoms. The zero-order valence-corrected chi connectivity index (χ0v) is 12.8. The molecular formula is C19H21Si. The normalized spacial score (nSPS) is 28.1. The first-order valence-electron chi connectivity index (χ1n) is 7.89. The largest absolute Gasteiger partial charge is 0.124 e. The van der Waals surface area contributed by atoms with E-state index in [-0.39, 0.29) is 0 Å². The first-order chi connectivity index (χ1) is 9.92. The van der Waals surface area contributed by atoms with Gasteiger partial charge in [0.05, 0.1) is 0 Å². The molecule has 4 rings (SSSR count). The van der Waals surface area contributed by atoms with Gasteiger partial charge in [0.1, 0.15) is 8.80 Å². The van der Waals surface area contributed by atoms with Crippen LogP contribution < -0.4 is 10.4 Å².